The number of piperazine rings is 1. The molecule has 7 heteroatoms. The van der Waals surface area contributed by atoms with Crippen molar-refractivity contribution < 1.29 is 8.78 Å². The van der Waals surface area contributed by atoms with Crippen molar-refractivity contribution >= 4 is 24.8 Å². The van der Waals surface area contributed by atoms with Gasteiger partial charge in [-0.2, -0.15) is 5.26 Å². The van der Waals surface area contributed by atoms with Crippen LogP contribution in [0.15, 0.2) is 24.3 Å². The molecule has 1 atom stereocenters. The van der Waals surface area contributed by atoms with Crippen LogP contribution in [0, 0.1) is 11.3 Å². The number of nitrogens with one attached hydrogen (secondary N) is 1. The summed E-state index contributed by atoms with van der Waals surface area (Å²) in [4.78, 5) is 1.78. The van der Waals surface area contributed by atoms with Gasteiger partial charge in [-0.1, -0.05) is 12.1 Å². The Morgan fingerprint density at radius 1 is 1.20 bits per heavy atom. The van der Waals surface area contributed by atoms with Gasteiger partial charge in [-0.05, 0) is 17.7 Å². The van der Waals surface area contributed by atoms with E-state index in [-0.39, 0.29) is 24.8 Å². The summed E-state index contributed by atoms with van der Waals surface area (Å²) in [5, 5.41) is 12.0. The van der Waals surface area contributed by atoms with E-state index in [2.05, 4.69) is 5.32 Å². The maximum atomic E-state index is 13.3. The number of hydrogen-bond donors (Lipinski definition) is 1. The average molecular weight is 324 g/mol. The van der Waals surface area contributed by atoms with E-state index in [0.29, 0.717) is 24.2 Å². The molecule has 1 saturated heterocycles. The van der Waals surface area contributed by atoms with Crippen LogP contribution in [0.5, 0.6) is 0 Å². The van der Waals surface area contributed by atoms with Crippen molar-refractivity contribution in [2.45, 2.75) is 12.5 Å². The molecule has 1 aromatic carbocycles. The molecular formula is C13H17Cl2F2N3. The number of halogens is 4. The molecule has 0 radical (unpaired) electrons. The van der Waals surface area contributed by atoms with Crippen LogP contribution in [0.4, 0.5) is 8.78 Å². The first kappa shape index (κ1) is 19.1. The SMILES string of the molecule is Cl.Cl.N#Cc1cccc([C@@H](C(F)F)N2CCNCC2)c1. The van der Waals surface area contributed by atoms with E-state index in [1.807, 2.05) is 6.07 Å². The smallest absolute Gasteiger partial charge is 0.258 e. The molecule has 1 N–H and O–H groups in total. The Balaban J connectivity index is 0.00000180. The second-order valence-corrected chi connectivity index (χ2v) is 4.30. The van der Waals surface area contributed by atoms with Gasteiger partial charge in [0.1, 0.15) is 0 Å². The van der Waals surface area contributed by atoms with Crippen molar-refractivity contribution in [3.05, 3.63) is 35.4 Å². The van der Waals surface area contributed by atoms with Gasteiger partial charge < -0.3 is 5.32 Å². The minimum Gasteiger partial charge on any atom is -0.314 e. The number of nitriles is 1. The van der Waals surface area contributed by atoms with Gasteiger partial charge in [0.15, 0.2) is 0 Å². The summed E-state index contributed by atoms with van der Waals surface area (Å²) >= 11 is 0. The monoisotopic (exact) mass is 323 g/mol. The highest BCUT2D eigenvalue weighted by Crippen LogP contribution is 2.28. The maximum absolute atomic E-state index is 13.3. The Hall–Kier alpha value is -0.930. The lowest BCUT2D eigenvalue weighted by Gasteiger charge is -2.34. The summed E-state index contributed by atoms with van der Waals surface area (Å²) in [5.41, 5.74) is 0.944. The molecule has 0 unspecified atom stereocenters. The molecule has 1 fully saturated rings. The van der Waals surface area contributed by atoms with Crippen molar-refractivity contribution in [3.8, 4) is 6.07 Å². The first-order valence-corrected chi connectivity index (χ1v) is 5.95. The molecule has 0 aromatic heterocycles. The lowest BCUT2D eigenvalue weighted by molar-refractivity contribution is 0.0182. The number of nitrogens with zero attached hydrogens (tertiary/aromatic N) is 2. The highest BCUT2D eigenvalue weighted by atomic mass is 35.5. The Kier molecular flexibility index (Phi) is 8.67. The van der Waals surface area contributed by atoms with Crippen molar-refractivity contribution in [1.29, 1.82) is 5.26 Å². The van der Waals surface area contributed by atoms with E-state index in [9.17, 15) is 8.78 Å². The summed E-state index contributed by atoms with van der Waals surface area (Å²) in [5.74, 6) is 0. The lowest BCUT2D eigenvalue weighted by atomic mass is 10.0. The number of hydrogen-bond acceptors (Lipinski definition) is 3. The van der Waals surface area contributed by atoms with Crippen LogP contribution in [0.25, 0.3) is 0 Å². The van der Waals surface area contributed by atoms with Gasteiger partial charge in [0.2, 0.25) is 0 Å². The molecular weight excluding hydrogens is 307 g/mol. The maximum Gasteiger partial charge on any atom is 0.258 e. The lowest BCUT2D eigenvalue weighted by Crippen LogP contribution is -2.46. The van der Waals surface area contributed by atoms with E-state index in [1.54, 1.807) is 29.2 Å². The summed E-state index contributed by atoms with van der Waals surface area (Å²) in [7, 11) is 0. The fourth-order valence-electron chi connectivity index (χ4n) is 2.27. The molecule has 0 saturated carbocycles. The number of benzene rings is 1. The van der Waals surface area contributed by atoms with Crippen molar-refractivity contribution in [2.75, 3.05) is 26.2 Å². The van der Waals surface area contributed by atoms with E-state index >= 15 is 0 Å². The fourth-order valence-corrected chi connectivity index (χ4v) is 2.27. The van der Waals surface area contributed by atoms with Gasteiger partial charge in [0.05, 0.1) is 17.7 Å². The predicted molar refractivity (Wildman–Crippen MR) is 78.8 cm³/mol. The molecule has 1 aromatic rings. The third-order valence-corrected chi connectivity index (χ3v) is 3.14. The molecule has 3 nitrogen and oxygen atoms in total. The largest absolute Gasteiger partial charge is 0.314 e. The minimum atomic E-state index is -2.45. The van der Waals surface area contributed by atoms with Crippen LogP contribution >= 0.6 is 24.8 Å². The minimum absolute atomic E-state index is 0. The second kappa shape index (κ2) is 9.09. The molecule has 2 rings (SSSR count). The van der Waals surface area contributed by atoms with Crippen LogP contribution in [-0.4, -0.2) is 37.5 Å². The standard InChI is InChI=1S/C13H15F2N3.2ClH/c14-13(15)12(18-6-4-17-5-7-18)11-3-1-2-10(8-11)9-16;;/h1-3,8,12-13,17H,4-7H2;2*1H/t12-;;/m0../s1. The van der Waals surface area contributed by atoms with Crippen molar-refractivity contribution in [2.24, 2.45) is 0 Å². The molecule has 1 aliphatic rings. The average Bonchev–Trinajstić information content (AvgIpc) is 2.40. The molecule has 0 amide bonds. The van der Waals surface area contributed by atoms with Gasteiger partial charge in [0.25, 0.3) is 6.43 Å². The van der Waals surface area contributed by atoms with Crippen molar-refractivity contribution in [3.63, 3.8) is 0 Å². The summed E-state index contributed by atoms with van der Waals surface area (Å²) in [6.45, 7) is 2.65. The zero-order valence-electron chi connectivity index (χ0n) is 10.8. The zero-order chi connectivity index (χ0) is 13.0. The quantitative estimate of drug-likeness (QED) is 0.929. The normalized spacial score (nSPS) is 16.7. The van der Waals surface area contributed by atoms with E-state index in [0.717, 1.165) is 13.1 Å². The summed E-state index contributed by atoms with van der Waals surface area (Å²) in [6, 6.07) is 7.58. The fraction of sp³-hybridized carbons (Fsp3) is 0.462. The van der Waals surface area contributed by atoms with Gasteiger partial charge in [-0.15, -0.1) is 24.8 Å². The molecule has 20 heavy (non-hydrogen) atoms. The van der Waals surface area contributed by atoms with E-state index in [1.165, 1.54) is 0 Å². The van der Waals surface area contributed by atoms with Crippen LogP contribution in [-0.2, 0) is 0 Å². The zero-order valence-corrected chi connectivity index (χ0v) is 12.4. The number of alkyl halides is 2. The predicted octanol–water partition coefficient (Wildman–Crippen LogP) is 2.61. The van der Waals surface area contributed by atoms with Crippen LogP contribution in [0.1, 0.15) is 17.2 Å². The molecule has 1 aliphatic heterocycles. The highest BCUT2D eigenvalue weighted by molar-refractivity contribution is 5.85. The van der Waals surface area contributed by atoms with Crippen molar-refractivity contribution in [1.82, 2.24) is 10.2 Å². The van der Waals surface area contributed by atoms with Crippen LogP contribution in [0.3, 0.4) is 0 Å². The third kappa shape index (κ3) is 4.57. The van der Waals surface area contributed by atoms with E-state index in [4.69, 9.17) is 5.26 Å². The molecule has 0 aliphatic carbocycles. The molecule has 1 heterocycles. The first-order valence-electron chi connectivity index (χ1n) is 5.95. The van der Waals surface area contributed by atoms with E-state index < -0.39 is 12.5 Å². The third-order valence-electron chi connectivity index (χ3n) is 3.14. The Morgan fingerprint density at radius 3 is 2.40 bits per heavy atom. The van der Waals surface area contributed by atoms with Gasteiger partial charge in [-0.25, -0.2) is 8.78 Å². The summed E-state index contributed by atoms with van der Waals surface area (Å²) < 4.78 is 26.5. The van der Waals surface area contributed by atoms with Crippen LogP contribution < -0.4 is 5.32 Å². The Labute approximate surface area is 129 Å². The Bertz CT molecular complexity index is 445. The second-order valence-electron chi connectivity index (χ2n) is 4.30. The highest BCUT2D eigenvalue weighted by Gasteiger charge is 2.30. The topological polar surface area (TPSA) is 39.1 Å². The van der Waals surface area contributed by atoms with Gasteiger partial charge >= 0.3 is 0 Å². The molecule has 0 bridgehead atoms. The van der Waals surface area contributed by atoms with Crippen LogP contribution in [0.2, 0.25) is 0 Å². The first-order chi connectivity index (χ1) is 8.72. The Morgan fingerprint density at radius 2 is 1.85 bits per heavy atom. The number of rotatable bonds is 3. The molecule has 112 valence electrons. The van der Waals surface area contributed by atoms with Gasteiger partial charge in [0, 0.05) is 26.2 Å². The summed E-state index contributed by atoms with van der Waals surface area (Å²) in [6.07, 6.45) is -2.45. The molecule has 0 spiro atoms. The van der Waals surface area contributed by atoms with Gasteiger partial charge in [-0.3, -0.25) is 4.90 Å².